The quantitative estimate of drug-likeness (QED) is 0.846. The maximum atomic E-state index is 12.9. The number of aromatic nitrogens is 1. The number of rotatable bonds is 4. The third-order valence-electron chi connectivity index (χ3n) is 3.65. The van der Waals surface area contributed by atoms with Gasteiger partial charge in [0.15, 0.2) is 0 Å². The highest BCUT2D eigenvalue weighted by molar-refractivity contribution is 7.89. The lowest BCUT2D eigenvalue weighted by atomic mass is 10.1. The van der Waals surface area contributed by atoms with Crippen molar-refractivity contribution < 1.29 is 22.4 Å². The Morgan fingerprint density at radius 1 is 1.27 bits per heavy atom. The Labute approximate surface area is 128 Å². The summed E-state index contributed by atoms with van der Waals surface area (Å²) in [4.78, 5) is 0.0919. The van der Waals surface area contributed by atoms with Crippen molar-refractivity contribution >= 4 is 10.0 Å². The molecule has 118 valence electrons. The second-order valence-electron chi connectivity index (χ2n) is 4.88. The van der Waals surface area contributed by atoms with Gasteiger partial charge in [0.25, 0.3) is 0 Å². The lowest BCUT2D eigenvalue weighted by Crippen LogP contribution is -2.35. The first kappa shape index (κ1) is 14.9. The van der Waals surface area contributed by atoms with Crippen LogP contribution in [0.1, 0.15) is 11.3 Å². The van der Waals surface area contributed by atoms with Gasteiger partial charge in [-0.25, -0.2) is 8.42 Å². The Kier molecular flexibility index (Phi) is 3.79. The van der Waals surface area contributed by atoms with Crippen LogP contribution < -0.4 is 9.47 Å². The fourth-order valence-electron chi connectivity index (χ4n) is 2.44. The predicted octanol–water partition coefficient (Wildman–Crippen LogP) is 1.44. The van der Waals surface area contributed by atoms with Gasteiger partial charge in [-0.1, -0.05) is 5.16 Å². The van der Waals surface area contributed by atoms with Gasteiger partial charge < -0.3 is 14.0 Å². The molecule has 3 rings (SSSR count). The van der Waals surface area contributed by atoms with Crippen LogP contribution in [-0.2, 0) is 23.0 Å². The number of hydrogen-bond acceptors (Lipinski definition) is 6. The molecular formula is C14H16N2O5S. The van der Waals surface area contributed by atoms with Crippen LogP contribution >= 0.6 is 0 Å². The van der Waals surface area contributed by atoms with Gasteiger partial charge in [-0.15, -0.1) is 0 Å². The van der Waals surface area contributed by atoms with Crippen molar-refractivity contribution in [2.45, 2.75) is 17.9 Å². The number of benzene rings is 1. The van der Waals surface area contributed by atoms with Gasteiger partial charge in [-0.2, -0.15) is 4.31 Å². The largest absolute Gasteiger partial charge is 0.497 e. The second-order valence-corrected chi connectivity index (χ2v) is 6.79. The van der Waals surface area contributed by atoms with Gasteiger partial charge in [0.1, 0.15) is 22.2 Å². The SMILES string of the molecule is COc1ccc(OC)c(S(=O)(=O)N2CCc3oncc3C2)c1. The topological polar surface area (TPSA) is 81.9 Å². The van der Waals surface area contributed by atoms with Crippen molar-refractivity contribution in [3.05, 3.63) is 35.7 Å². The molecule has 0 saturated heterocycles. The van der Waals surface area contributed by atoms with Gasteiger partial charge in [0, 0.05) is 31.1 Å². The summed E-state index contributed by atoms with van der Waals surface area (Å²) in [6.45, 7) is 0.576. The average molecular weight is 324 g/mol. The Hall–Kier alpha value is -2.06. The molecule has 22 heavy (non-hydrogen) atoms. The molecule has 1 aromatic carbocycles. The second kappa shape index (κ2) is 5.62. The maximum absolute atomic E-state index is 12.9. The molecule has 0 fully saturated rings. The lowest BCUT2D eigenvalue weighted by Gasteiger charge is -2.25. The summed E-state index contributed by atoms with van der Waals surface area (Å²) in [5, 5.41) is 3.71. The summed E-state index contributed by atoms with van der Waals surface area (Å²) in [6.07, 6.45) is 2.06. The molecule has 1 aromatic heterocycles. The van der Waals surface area contributed by atoms with Crippen molar-refractivity contribution in [1.82, 2.24) is 9.46 Å². The molecule has 8 heteroatoms. The molecule has 1 aliphatic rings. The van der Waals surface area contributed by atoms with Crippen LogP contribution in [0.5, 0.6) is 11.5 Å². The normalized spacial score (nSPS) is 15.4. The smallest absolute Gasteiger partial charge is 0.247 e. The molecule has 1 aliphatic heterocycles. The molecule has 0 aliphatic carbocycles. The van der Waals surface area contributed by atoms with Crippen LogP contribution in [0.15, 0.2) is 33.8 Å². The van der Waals surface area contributed by atoms with Gasteiger partial charge in [-0.05, 0) is 12.1 Å². The van der Waals surface area contributed by atoms with Gasteiger partial charge in [0.2, 0.25) is 10.0 Å². The summed E-state index contributed by atoms with van der Waals surface area (Å²) in [5.41, 5.74) is 0.789. The number of methoxy groups -OCH3 is 2. The Morgan fingerprint density at radius 2 is 2.09 bits per heavy atom. The lowest BCUT2D eigenvalue weighted by molar-refractivity contribution is 0.329. The van der Waals surface area contributed by atoms with Crippen molar-refractivity contribution in [2.24, 2.45) is 0 Å². The highest BCUT2D eigenvalue weighted by Gasteiger charge is 2.32. The molecule has 0 radical (unpaired) electrons. The molecule has 2 aromatic rings. The fourth-order valence-corrected chi connectivity index (χ4v) is 4.03. The Bertz CT molecular complexity index is 784. The number of fused-ring (bicyclic) bond motifs is 1. The molecule has 0 saturated carbocycles. The number of sulfonamides is 1. The van der Waals surface area contributed by atoms with E-state index in [0.29, 0.717) is 18.7 Å². The summed E-state index contributed by atoms with van der Waals surface area (Å²) < 4.78 is 42.6. The first-order valence-electron chi connectivity index (χ1n) is 6.71. The fraction of sp³-hybridized carbons (Fsp3) is 0.357. The van der Waals surface area contributed by atoms with E-state index in [4.69, 9.17) is 14.0 Å². The van der Waals surface area contributed by atoms with Crippen molar-refractivity contribution in [2.75, 3.05) is 20.8 Å². The molecular weight excluding hydrogens is 308 g/mol. The monoisotopic (exact) mass is 324 g/mol. The zero-order valence-electron chi connectivity index (χ0n) is 12.3. The van der Waals surface area contributed by atoms with Crippen LogP contribution in [0.4, 0.5) is 0 Å². The highest BCUT2D eigenvalue weighted by atomic mass is 32.2. The van der Waals surface area contributed by atoms with E-state index in [1.54, 1.807) is 18.3 Å². The zero-order valence-corrected chi connectivity index (χ0v) is 13.1. The number of hydrogen-bond donors (Lipinski definition) is 0. The molecule has 0 bridgehead atoms. The predicted molar refractivity (Wildman–Crippen MR) is 77.3 cm³/mol. The average Bonchev–Trinajstić information content (AvgIpc) is 3.01. The minimum absolute atomic E-state index is 0.0919. The molecule has 0 spiro atoms. The van der Waals surface area contributed by atoms with E-state index in [2.05, 4.69) is 5.16 Å². The Balaban J connectivity index is 2.00. The summed E-state index contributed by atoms with van der Waals surface area (Å²) in [6, 6.07) is 4.71. The van der Waals surface area contributed by atoms with E-state index in [-0.39, 0.29) is 17.2 Å². The van der Waals surface area contributed by atoms with Gasteiger partial charge >= 0.3 is 0 Å². The molecule has 0 atom stereocenters. The third kappa shape index (κ3) is 2.44. The van der Waals surface area contributed by atoms with Crippen LogP contribution in [0, 0.1) is 0 Å². The summed E-state index contributed by atoms with van der Waals surface area (Å²) in [5.74, 6) is 1.49. The van der Waals surface area contributed by atoms with Gasteiger partial charge in [0.05, 0.1) is 20.4 Å². The molecule has 0 amide bonds. The first-order valence-corrected chi connectivity index (χ1v) is 8.15. The van der Waals surface area contributed by atoms with E-state index in [0.717, 1.165) is 11.3 Å². The Morgan fingerprint density at radius 3 is 2.82 bits per heavy atom. The number of ether oxygens (including phenoxy) is 2. The van der Waals surface area contributed by atoms with Gasteiger partial charge in [-0.3, -0.25) is 0 Å². The van der Waals surface area contributed by atoms with Crippen molar-refractivity contribution in [3.8, 4) is 11.5 Å². The highest BCUT2D eigenvalue weighted by Crippen LogP contribution is 2.32. The van der Waals surface area contributed by atoms with E-state index in [1.807, 2.05) is 0 Å². The summed E-state index contributed by atoms with van der Waals surface area (Å²) >= 11 is 0. The zero-order chi connectivity index (χ0) is 15.7. The minimum atomic E-state index is -3.70. The van der Waals surface area contributed by atoms with E-state index in [9.17, 15) is 8.42 Å². The minimum Gasteiger partial charge on any atom is -0.497 e. The van der Waals surface area contributed by atoms with Crippen molar-refractivity contribution in [3.63, 3.8) is 0 Å². The third-order valence-corrected chi connectivity index (χ3v) is 5.52. The number of nitrogens with zero attached hydrogens (tertiary/aromatic N) is 2. The first-order chi connectivity index (χ1) is 10.6. The molecule has 0 unspecified atom stereocenters. The maximum Gasteiger partial charge on any atom is 0.247 e. The van der Waals surface area contributed by atoms with Crippen molar-refractivity contribution in [1.29, 1.82) is 0 Å². The molecule has 0 N–H and O–H groups in total. The standard InChI is InChI=1S/C14H16N2O5S/c1-19-11-3-4-13(20-2)14(7-11)22(17,18)16-6-5-12-10(9-16)8-15-21-12/h3-4,7-8H,5-6,9H2,1-2H3. The van der Waals surface area contributed by atoms with E-state index in [1.165, 1.54) is 24.6 Å². The van der Waals surface area contributed by atoms with E-state index < -0.39 is 10.0 Å². The molecule has 7 nitrogen and oxygen atoms in total. The van der Waals surface area contributed by atoms with Crippen LogP contribution in [0.3, 0.4) is 0 Å². The molecule has 2 heterocycles. The summed E-state index contributed by atoms with van der Waals surface area (Å²) in [7, 11) is -0.771. The van der Waals surface area contributed by atoms with Crippen LogP contribution in [-0.4, -0.2) is 38.6 Å². The van der Waals surface area contributed by atoms with Crippen LogP contribution in [0.2, 0.25) is 0 Å². The van der Waals surface area contributed by atoms with Crippen LogP contribution in [0.25, 0.3) is 0 Å². The van der Waals surface area contributed by atoms with E-state index >= 15 is 0 Å².